The Balaban J connectivity index is 1.33. The number of aliphatic imine (C=N–C) groups is 1. The number of hydrogen-bond acceptors (Lipinski definition) is 5. The van der Waals surface area contributed by atoms with E-state index in [9.17, 15) is 0 Å². The number of benzene rings is 1. The lowest BCUT2D eigenvalue weighted by Gasteiger charge is -2.31. The topological polar surface area (TPSA) is 74.9 Å². The van der Waals surface area contributed by atoms with Gasteiger partial charge in [0.2, 0.25) is 5.89 Å². The molecule has 1 fully saturated rings. The van der Waals surface area contributed by atoms with Crippen LogP contribution in [0, 0.1) is 19.8 Å². The fraction of sp³-hybridized carbons (Fsp3) is 0.600. The molecule has 1 aromatic heterocycles. The van der Waals surface area contributed by atoms with Crippen molar-refractivity contribution in [3.8, 4) is 5.75 Å². The second kappa shape index (κ2) is 11.9. The van der Waals surface area contributed by atoms with Crippen LogP contribution in [0.1, 0.15) is 55.0 Å². The number of rotatable bonds is 9. The SMILES string of the molecule is CN=C(NCCC(C)c1ccc(OC)cc1)NCC1CCN(Cc2nc(C)c(C)o2)CC1. The zero-order chi connectivity index (χ0) is 22.9. The van der Waals surface area contributed by atoms with Crippen LogP contribution < -0.4 is 15.4 Å². The Kier molecular flexibility index (Phi) is 8.97. The average Bonchev–Trinajstić information content (AvgIpc) is 3.13. The van der Waals surface area contributed by atoms with Gasteiger partial charge in [-0.1, -0.05) is 19.1 Å². The van der Waals surface area contributed by atoms with E-state index in [1.165, 1.54) is 18.4 Å². The second-order valence-corrected chi connectivity index (χ2v) is 8.81. The maximum absolute atomic E-state index is 5.74. The Morgan fingerprint density at radius 2 is 1.94 bits per heavy atom. The van der Waals surface area contributed by atoms with Gasteiger partial charge in [0.1, 0.15) is 11.5 Å². The number of aromatic nitrogens is 1. The molecule has 0 spiro atoms. The van der Waals surface area contributed by atoms with Crippen LogP contribution in [0.3, 0.4) is 0 Å². The first-order valence-corrected chi connectivity index (χ1v) is 11.7. The van der Waals surface area contributed by atoms with E-state index in [0.29, 0.717) is 11.8 Å². The number of aryl methyl sites for hydroxylation is 2. The quantitative estimate of drug-likeness (QED) is 0.455. The molecule has 176 valence electrons. The molecule has 2 heterocycles. The molecule has 32 heavy (non-hydrogen) atoms. The minimum atomic E-state index is 0.479. The predicted octanol–water partition coefficient (Wildman–Crippen LogP) is 3.87. The molecule has 0 radical (unpaired) electrons. The van der Waals surface area contributed by atoms with E-state index in [4.69, 9.17) is 9.15 Å². The third-order valence-corrected chi connectivity index (χ3v) is 6.48. The molecule has 1 saturated heterocycles. The maximum Gasteiger partial charge on any atom is 0.208 e. The van der Waals surface area contributed by atoms with Crippen molar-refractivity contribution in [3.63, 3.8) is 0 Å². The first-order chi connectivity index (χ1) is 15.5. The highest BCUT2D eigenvalue weighted by Gasteiger charge is 2.21. The van der Waals surface area contributed by atoms with Crippen LogP contribution in [-0.4, -0.2) is 56.2 Å². The minimum Gasteiger partial charge on any atom is -0.497 e. The number of hydrogen-bond donors (Lipinski definition) is 2. The van der Waals surface area contributed by atoms with Crippen molar-refractivity contribution in [1.82, 2.24) is 20.5 Å². The molecule has 0 aliphatic carbocycles. The number of guanidine groups is 1. The summed E-state index contributed by atoms with van der Waals surface area (Å²) in [6.45, 7) is 11.1. The van der Waals surface area contributed by atoms with Crippen molar-refractivity contribution in [2.75, 3.05) is 40.3 Å². The molecule has 7 nitrogen and oxygen atoms in total. The van der Waals surface area contributed by atoms with Gasteiger partial charge in [0.15, 0.2) is 5.96 Å². The van der Waals surface area contributed by atoms with Crippen molar-refractivity contribution in [2.45, 2.75) is 52.5 Å². The first kappa shape index (κ1) is 24.1. The van der Waals surface area contributed by atoms with E-state index in [2.05, 4.69) is 44.6 Å². The van der Waals surface area contributed by atoms with Gasteiger partial charge in [-0.05, 0) is 75.7 Å². The third-order valence-electron chi connectivity index (χ3n) is 6.48. The van der Waals surface area contributed by atoms with Gasteiger partial charge in [0.05, 0.1) is 19.3 Å². The first-order valence-electron chi connectivity index (χ1n) is 11.7. The summed E-state index contributed by atoms with van der Waals surface area (Å²) in [5, 5.41) is 6.98. The Hall–Kier alpha value is -2.54. The predicted molar refractivity (Wildman–Crippen MR) is 129 cm³/mol. The van der Waals surface area contributed by atoms with Crippen molar-refractivity contribution < 1.29 is 9.15 Å². The Bertz CT molecular complexity index is 834. The van der Waals surface area contributed by atoms with Crippen LogP contribution in [-0.2, 0) is 6.54 Å². The van der Waals surface area contributed by atoms with E-state index in [0.717, 1.165) is 68.2 Å². The number of piperidine rings is 1. The molecular weight excluding hydrogens is 402 g/mol. The number of likely N-dealkylation sites (tertiary alicyclic amines) is 1. The lowest BCUT2D eigenvalue weighted by molar-refractivity contribution is 0.164. The minimum absolute atomic E-state index is 0.479. The van der Waals surface area contributed by atoms with Crippen LogP contribution in [0.4, 0.5) is 0 Å². The largest absolute Gasteiger partial charge is 0.497 e. The third kappa shape index (κ3) is 6.99. The van der Waals surface area contributed by atoms with E-state index in [1.807, 2.05) is 33.0 Å². The lowest BCUT2D eigenvalue weighted by atomic mass is 9.97. The lowest BCUT2D eigenvalue weighted by Crippen LogP contribution is -2.43. The summed E-state index contributed by atoms with van der Waals surface area (Å²) in [6.07, 6.45) is 3.40. The number of ether oxygens (including phenoxy) is 1. The van der Waals surface area contributed by atoms with Gasteiger partial charge >= 0.3 is 0 Å². The zero-order valence-electron chi connectivity index (χ0n) is 20.3. The molecule has 3 rings (SSSR count). The number of oxazole rings is 1. The van der Waals surface area contributed by atoms with Crippen LogP contribution in [0.15, 0.2) is 33.7 Å². The molecule has 1 aromatic carbocycles. The number of nitrogens with one attached hydrogen (secondary N) is 2. The van der Waals surface area contributed by atoms with E-state index in [-0.39, 0.29) is 0 Å². The molecule has 1 unspecified atom stereocenters. The normalized spacial score (nSPS) is 16.7. The summed E-state index contributed by atoms with van der Waals surface area (Å²) >= 11 is 0. The van der Waals surface area contributed by atoms with Crippen molar-refractivity contribution >= 4 is 5.96 Å². The van der Waals surface area contributed by atoms with E-state index in [1.54, 1.807) is 7.11 Å². The number of nitrogens with zero attached hydrogens (tertiary/aromatic N) is 3. The molecule has 2 aromatic rings. The molecule has 1 aliphatic heterocycles. The molecule has 1 atom stereocenters. The molecule has 0 amide bonds. The van der Waals surface area contributed by atoms with Crippen LogP contribution >= 0.6 is 0 Å². The van der Waals surface area contributed by atoms with E-state index >= 15 is 0 Å². The fourth-order valence-corrected chi connectivity index (χ4v) is 4.11. The van der Waals surface area contributed by atoms with Crippen LogP contribution in [0.25, 0.3) is 0 Å². The Morgan fingerprint density at radius 3 is 2.53 bits per heavy atom. The summed E-state index contributed by atoms with van der Waals surface area (Å²) in [7, 11) is 3.54. The molecule has 7 heteroatoms. The fourth-order valence-electron chi connectivity index (χ4n) is 4.11. The van der Waals surface area contributed by atoms with Crippen LogP contribution in [0.5, 0.6) is 5.75 Å². The van der Waals surface area contributed by atoms with Crippen molar-refractivity contribution in [2.24, 2.45) is 10.9 Å². The van der Waals surface area contributed by atoms with Gasteiger partial charge in [-0.25, -0.2) is 4.98 Å². The average molecular weight is 442 g/mol. The second-order valence-electron chi connectivity index (χ2n) is 8.81. The summed E-state index contributed by atoms with van der Waals surface area (Å²) in [6, 6.07) is 8.34. The van der Waals surface area contributed by atoms with Crippen molar-refractivity contribution in [1.29, 1.82) is 0 Å². The highest BCUT2D eigenvalue weighted by molar-refractivity contribution is 5.79. The van der Waals surface area contributed by atoms with E-state index < -0.39 is 0 Å². The van der Waals surface area contributed by atoms with Crippen LogP contribution in [0.2, 0.25) is 0 Å². The highest BCUT2D eigenvalue weighted by Crippen LogP contribution is 2.21. The standard InChI is InChI=1S/C25H39N5O2/c1-18(22-6-8-23(31-5)9-7-22)10-13-27-25(26-4)28-16-21-11-14-30(15-12-21)17-24-29-19(2)20(3)32-24/h6-9,18,21H,10-17H2,1-5H3,(H2,26,27,28). The maximum atomic E-state index is 5.74. The summed E-state index contributed by atoms with van der Waals surface area (Å²) in [4.78, 5) is 11.3. The smallest absolute Gasteiger partial charge is 0.208 e. The number of methoxy groups -OCH3 is 1. The molecule has 0 bridgehead atoms. The summed E-state index contributed by atoms with van der Waals surface area (Å²) < 4.78 is 11.0. The molecule has 1 aliphatic rings. The molecule has 0 saturated carbocycles. The van der Waals surface area contributed by atoms with Gasteiger partial charge in [-0.2, -0.15) is 0 Å². The van der Waals surface area contributed by atoms with Gasteiger partial charge < -0.3 is 19.8 Å². The monoisotopic (exact) mass is 441 g/mol. The van der Waals surface area contributed by atoms with Gasteiger partial charge in [0.25, 0.3) is 0 Å². The Labute approximate surface area is 192 Å². The van der Waals surface area contributed by atoms with Gasteiger partial charge in [-0.3, -0.25) is 9.89 Å². The molecule has 2 N–H and O–H groups in total. The summed E-state index contributed by atoms with van der Waals surface area (Å²) in [5.41, 5.74) is 2.33. The van der Waals surface area contributed by atoms with Gasteiger partial charge in [0, 0.05) is 20.1 Å². The highest BCUT2D eigenvalue weighted by atomic mass is 16.5. The zero-order valence-corrected chi connectivity index (χ0v) is 20.3. The summed E-state index contributed by atoms with van der Waals surface area (Å²) in [5.74, 6) is 4.70. The van der Waals surface area contributed by atoms with Crippen molar-refractivity contribution in [3.05, 3.63) is 47.2 Å². The van der Waals surface area contributed by atoms with Gasteiger partial charge in [-0.15, -0.1) is 0 Å². The Morgan fingerprint density at radius 1 is 1.22 bits per heavy atom. The molecular formula is C25H39N5O2.